The Kier molecular flexibility index (Phi) is 5.35. The van der Waals surface area contributed by atoms with Gasteiger partial charge in [0, 0.05) is 11.5 Å². The van der Waals surface area contributed by atoms with E-state index in [1.165, 1.54) is 7.05 Å². The van der Waals surface area contributed by atoms with E-state index in [0.717, 1.165) is 19.1 Å². The van der Waals surface area contributed by atoms with Crippen molar-refractivity contribution < 1.29 is 27.1 Å². The van der Waals surface area contributed by atoms with Crippen LogP contribution in [0.5, 0.6) is 5.75 Å². The highest BCUT2D eigenvalue weighted by Gasteiger charge is 2.39. The Balaban J connectivity index is 3.20. The van der Waals surface area contributed by atoms with Crippen molar-refractivity contribution in [3.8, 4) is 5.75 Å². The minimum atomic E-state index is -4.63. The molecule has 0 fully saturated rings. The van der Waals surface area contributed by atoms with Crippen LogP contribution in [0.15, 0.2) is 16.6 Å². The van der Waals surface area contributed by atoms with Crippen molar-refractivity contribution in [2.45, 2.75) is 19.2 Å². The van der Waals surface area contributed by atoms with Gasteiger partial charge in [-0.15, -0.1) is 0 Å². The molecule has 4 nitrogen and oxygen atoms in total. The first-order valence-corrected chi connectivity index (χ1v) is 6.15. The zero-order valence-corrected chi connectivity index (χ0v) is 12.0. The summed E-state index contributed by atoms with van der Waals surface area (Å²) in [5.41, 5.74) is 3.72. The van der Waals surface area contributed by atoms with Gasteiger partial charge < -0.3 is 4.74 Å². The van der Waals surface area contributed by atoms with E-state index in [4.69, 9.17) is 0 Å². The highest BCUT2D eigenvalue weighted by molar-refractivity contribution is 9.10. The maximum atomic E-state index is 13.8. The normalized spacial score (nSPS) is 12.9. The molecule has 0 aliphatic heterocycles. The molecule has 1 unspecified atom stereocenters. The number of hydrazine groups is 1. The van der Waals surface area contributed by atoms with Gasteiger partial charge in [-0.25, -0.2) is 9.82 Å². The van der Waals surface area contributed by atoms with Crippen LogP contribution in [0.1, 0.15) is 17.3 Å². The Morgan fingerprint density at radius 1 is 1.40 bits per heavy atom. The van der Waals surface area contributed by atoms with Crippen molar-refractivity contribution in [2.24, 2.45) is 0 Å². The maximum Gasteiger partial charge on any atom is 0.425 e. The van der Waals surface area contributed by atoms with E-state index in [2.05, 4.69) is 31.5 Å². The number of nitrogens with one attached hydrogen (secondary N) is 2. The highest BCUT2D eigenvalue weighted by Crippen LogP contribution is 2.31. The summed E-state index contributed by atoms with van der Waals surface area (Å²) < 4.78 is 56.0. The van der Waals surface area contributed by atoms with Gasteiger partial charge in [0.25, 0.3) is 5.91 Å². The smallest absolute Gasteiger partial charge is 0.425 e. The molecule has 1 aromatic rings. The summed E-state index contributed by atoms with van der Waals surface area (Å²) in [7, 11) is 1.35. The molecule has 0 bridgehead atoms. The molecule has 0 saturated carbocycles. The summed E-state index contributed by atoms with van der Waals surface area (Å²) in [5.74, 6) is -2.45. The number of amides is 1. The number of hydrogen-bond acceptors (Lipinski definition) is 3. The van der Waals surface area contributed by atoms with Crippen molar-refractivity contribution in [3.63, 3.8) is 0 Å². The molecule has 0 spiro atoms. The van der Waals surface area contributed by atoms with E-state index in [9.17, 15) is 22.4 Å². The van der Waals surface area contributed by atoms with E-state index in [0.29, 0.717) is 0 Å². The van der Waals surface area contributed by atoms with E-state index < -0.39 is 35.3 Å². The Morgan fingerprint density at radius 2 is 2.00 bits per heavy atom. The number of rotatable bonds is 4. The van der Waals surface area contributed by atoms with Crippen LogP contribution in [0.2, 0.25) is 0 Å². The molecule has 20 heavy (non-hydrogen) atoms. The first-order valence-electron chi connectivity index (χ1n) is 5.36. The van der Waals surface area contributed by atoms with Crippen molar-refractivity contribution in [2.75, 3.05) is 7.05 Å². The summed E-state index contributed by atoms with van der Waals surface area (Å²) in [6.07, 6.45) is -6.81. The molecule has 0 radical (unpaired) electrons. The topological polar surface area (TPSA) is 50.4 Å². The average molecular weight is 359 g/mol. The van der Waals surface area contributed by atoms with Gasteiger partial charge in [-0.3, -0.25) is 10.2 Å². The number of carbonyl (C=O) groups excluding carboxylic acids is 1. The Labute approximate surface area is 120 Å². The lowest BCUT2D eigenvalue weighted by Gasteiger charge is -2.20. The van der Waals surface area contributed by atoms with Crippen LogP contribution >= 0.6 is 15.9 Å². The minimum Gasteiger partial charge on any atom is -0.480 e. The molecule has 0 aliphatic rings. The van der Waals surface area contributed by atoms with Crippen molar-refractivity contribution in [1.82, 2.24) is 10.9 Å². The second-order valence-corrected chi connectivity index (χ2v) is 4.68. The van der Waals surface area contributed by atoms with E-state index in [1.54, 1.807) is 0 Å². The van der Waals surface area contributed by atoms with Crippen LogP contribution in [-0.4, -0.2) is 25.2 Å². The van der Waals surface area contributed by atoms with Crippen LogP contribution in [0.3, 0.4) is 0 Å². The summed E-state index contributed by atoms with van der Waals surface area (Å²) in [6.45, 7) is 0.762. The predicted octanol–water partition coefficient (Wildman–Crippen LogP) is 2.78. The molecule has 0 saturated heterocycles. The number of alkyl halides is 3. The Bertz CT molecular complexity index is 508. The van der Waals surface area contributed by atoms with E-state index >= 15 is 0 Å². The van der Waals surface area contributed by atoms with E-state index in [1.807, 2.05) is 0 Å². The molecule has 1 rings (SSSR count). The van der Waals surface area contributed by atoms with Crippen LogP contribution < -0.4 is 15.6 Å². The monoisotopic (exact) mass is 358 g/mol. The summed E-state index contributed by atoms with van der Waals surface area (Å²) in [5, 5.41) is 0. The predicted molar refractivity (Wildman–Crippen MR) is 66.8 cm³/mol. The number of halogens is 5. The molecule has 0 heterocycles. The first-order chi connectivity index (χ1) is 9.16. The second-order valence-electron chi connectivity index (χ2n) is 3.77. The van der Waals surface area contributed by atoms with Crippen LogP contribution in [0.25, 0.3) is 0 Å². The average Bonchev–Trinajstić information content (AvgIpc) is 2.26. The zero-order chi connectivity index (χ0) is 15.5. The molecule has 9 heteroatoms. The lowest BCUT2D eigenvalue weighted by molar-refractivity contribution is -0.189. The fourth-order valence-electron chi connectivity index (χ4n) is 1.30. The van der Waals surface area contributed by atoms with Gasteiger partial charge in [-0.05, 0) is 19.1 Å². The second kappa shape index (κ2) is 6.40. The molecule has 0 aliphatic carbocycles. The fraction of sp³-hybridized carbons (Fsp3) is 0.364. The largest absolute Gasteiger partial charge is 0.480 e. The molecule has 1 atom stereocenters. The zero-order valence-electron chi connectivity index (χ0n) is 10.4. The standard InChI is InChI=1S/C11H11BrF4N2O2/c1-5(11(14,15)16)20-8-4-6(12)3-7(13)9(8)10(19)18-17-2/h3-5,17H,1-2H3,(H,18,19). The van der Waals surface area contributed by atoms with Crippen LogP contribution in [0, 0.1) is 5.82 Å². The van der Waals surface area contributed by atoms with Crippen molar-refractivity contribution >= 4 is 21.8 Å². The third kappa shape index (κ3) is 4.07. The van der Waals surface area contributed by atoms with Gasteiger partial charge >= 0.3 is 6.18 Å². The Morgan fingerprint density at radius 3 is 2.50 bits per heavy atom. The van der Waals surface area contributed by atoms with Crippen molar-refractivity contribution in [1.29, 1.82) is 0 Å². The Hall–Kier alpha value is -1.35. The molecular weight excluding hydrogens is 348 g/mol. The molecule has 1 aromatic carbocycles. The fourth-order valence-corrected chi connectivity index (χ4v) is 1.71. The minimum absolute atomic E-state index is 0.153. The van der Waals surface area contributed by atoms with Crippen molar-refractivity contribution in [3.05, 3.63) is 28.0 Å². The number of benzene rings is 1. The third-order valence-corrected chi connectivity index (χ3v) is 2.71. The quantitative estimate of drug-likeness (QED) is 0.642. The lowest BCUT2D eigenvalue weighted by Crippen LogP contribution is -2.36. The molecule has 112 valence electrons. The van der Waals surface area contributed by atoms with Gasteiger partial charge in [-0.1, -0.05) is 15.9 Å². The summed E-state index contributed by atoms with van der Waals surface area (Å²) in [6, 6.07) is 2.05. The SMILES string of the molecule is CNNC(=O)c1c(F)cc(Br)cc1OC(C)C(F)(F)F. The molecular formula is C11H11BrF4N2O2. The molecule has 2 N–H and O–H groups in total. The molecule has 1 amide bonds. The number of ether oxygens (including phenoxy) is 1. The van der Waals surface area contributed by atoms with Gasteiger partial charge in [0.15, 0.2) is 6.10 Å². The lowest BCUT2D eigenvalue weighted by atomic mass is 10.1. The number of carbonyl (C=O) groups is 1. The molecule has 0 aromatic heterocycles. The van der Waals surface area contributed by atoms with Crippen LogP contribution in [-0.2, 0) is 0 Å². The van der Waals surface area contributed by atoms with Gasteiger partial charge in [0.1, 0.15) is 17.1 Å². The summed E-state index contributed by atoms with van der Waals surface area (Å²) in [4.78, 5) is 11.6. The van der Waals surface area contributed by atoms with Gasteiger partial charge in [0.05, 0.1) is 0 Å². The maximum absolute atomic E-state index is 13.8. The third-order valence-electron chi connectivity index (χ3n) is 2.25. The summed E-state index contributed by atoms with van der Waals surface area (Å²) >= 11 is 2.93. The van der Waals surface area contributed by atoms with Gasteiger partial charge in [0.2, 0.25) is 0 Å². The first kappa shape index (κ1) is 16.7. The highest BCUT2D eigenvalue weighted by atomic mass is 79.9. The number of hydrogen-bond donors (Lipinski definition) is 2. The van der Waals surface area contributed by atoms with Gasteiger partial charge in [-0.2, -0.15) is 13.2 Å². The van der Waals surface area contributed by atoms with Crippen LogP contribution in [0.4, 0.5) is 17.6 Å². The van der Waals surface area contributed by atoms with E-state index in [-0.39, 0.29) is 4.47 Å².